The molecule has 0 aliphatic carbocycles. The Morgan fingerprint density at radius 1 is 1.30 bits per heavy atom. The molecule has 0 bridgehead atoms. The summed E-state index contributed by atoms with van der Waals surface area (Å²) in [5.74, 6) is -0.539. The van der Waals surface area contributed by atoms with Gasteiger partial charge in [-0.2, -0.15) is 0 Å². The molecule has 1 aliphatic rings. The molecule has 2 N–H and O–H groups in total. The monoisotopic (exact) mass is 419 g/mol. The molecule has 164 valence electrons. The van der Waals surface area contributed by atoms with Gasteiger partial charge >= 0.3 is 12.0 Å². The van der Waals surface area contributed by atoms with Crippen LogP contribution in [-0.2, 0) is 9.53 Å². The highest BCUT2D eigenvalue weighted by Gasteiger charge is 2.39. The van der Waals surface area contributed by atoms with Gasteiger partial charge < -0.3 is 15.0 Å². The van der Waals surface area contributed by atoms with E-state index in [4.69, 9.17) is 4.74 Å². The van der Waals surface area contributed by atoms with Gasteiger partial charge in [-0.15, -0.1) is 0 Å². The molecular weight excluding hydrogens is 388 g/mol. The molecule has 1 aromatic rings. The Kier molecular flexibility index (Phi) is 7.55. The van der Waals surface area contributed by atoms with Crippen LogP contribution in [0.3, 0.4) is 0 Å². The van der Waals surface area contributed by atoms with E-state index in [2.05, 4.69) is 33.0 Å². The predicted octanol–water partition coefficient (Wildman–Crippen LogP) is 1.81. The number of hydrogen-bond acceptors (Lipinski definition) is 5. The van der Waals surface area contributed by atoms with Gasteiger partial charge in [0.15, 0.2) is 0 Å². The van der Waals surface area contributed by atoms with Crippen LogP contribution in [0.25, 0.3) is 0 Å². The van der Waals surface area contributed by atoms with E-state index >= 15 is 0 Å². The number of amides is 2. The van der Waals surface area contributed by atoms with Gasteiger partial charge in [-0.1, -0.05) is 12.1 Å². The number of benzene rings is 1. The minimum Gasteiger partial charge on any atom is -0.463 e. The first kappa shape index (κ1) is 23.3. The lowest BCUT2D eigenvalue weighted by Crippen LogP contribution is -3.18. The van der Waals surface area contributed by atoms with Crippen LogP contribution >= 0.6 is 0 Å². The fourth-order valence-electron chi connectivity index (χ4n) is 3.76. The van der Waals surface area contributed by atoms with E-state index in [9.17, 15) is 19.7 Å². The Morgan fingerprint density at radius 3 is 2.47 bits per heavy atom. The SMILES string of the molecule is CCOC(=O)C1=C(C[NH+](C(C)C)C(C)C)N(C)C(=O)N[C@H]1c1cccc([N+](=O)[O-])c1. The van der Waals surface area contributed by atoms with Crippen molar-refractivity contribution >= 4 is 17.7 Å². The predicted molar refractivity (Wildman–Crippen MR) is 112 cm³/mol. The maximum Gasteiger partial charge on any atom is 0.338 e. The number of hydrogen-bond donors (Lipinski definition) is 2. The van der Waals surface area contributed by atoms with Gasteiger partial charge in [-0.3, -0.25) is 15.0 Å². The molecule has 0 spiro atoms. The number of non-ortho nitro benzene ring substituents is 1. The third-order valence-corrected chi connectivity index (χ3v) is 5.34. The number of quaternary nitrogens is 1. The molecule has 1 atom stereocenters. The summed E-state index contributed by atoms with van der Waals surface area (Å²) in [6.45, 7) is 10.7. The van der Waals surface area contributed by atoms with Crippen molar-refractivity contribution in [3.63, 3.8) is 0 Å². The lowest BCUT2D eigenvalue weighted by molar-refractivity contribution is -0.938. The smallest absolute Gasteiger partial charge is 0.338 e. The van der Waals surface area contributed by atoms with Crippen LogP contribution in [0, 0.1) is 10.1 Å². The first-order valence-corrected chi connectivity index (χ1v) is 10.1. The summed E-state index contributed by atoms with van der Waals surface area (Å²) in [6.07, 6.45) is 0. The molecular formula is C21H31N4O5+. The Bertz CT molecular complexity index is 842. The second kappa shape index (κ2) is 9.71. The molecule has 1 aromatic carbocycles. The number of nitrogens with one attached hydrogen (secondary N) is 2. The zero-order valence-corrected chi connectivity index (χ0v) is 18.4. The summed E-state index contributed by atoms with van der Waals surface area (Å²) < 4.78 is 5.31. The average Bonchev–Trinajstić information content (AvgIpc) is 2.68. The summed E-state index contributed by atoms with van der Waals surface area (Å²) in [4.78, 5) is 39.1. The van der Waals surface area contributed by atoms with Crippen LogP contribution < -0.4 is 10.2 Å². The Balaban J connectivity index is 2.66. The van der Waals surface area contributed by atoms with E-state index in [-0.39, 0.29) is 30.4 Å². The zero-order valence-electron chi connectivity index (χ0n) is 18.4. The van der Waals surface area contributed by atoms with Crippen molar-refractivity contribution in [2.45, 2.75) is 52.7 Å². The lowest BCUT2D eigenvalue weighted by Gasteiger charge is -2.37. The van der Waals surface area contributed by atoms with Crippen molar-refractivity contribution in [1.82, 2.24) is 10.2 Å². The lowest BCUT2D eigenvalue weighted by atomic mass is 9.93. The van der Waals surface area contributed by atoms with Crippen LogP contribution in [-0.4, -0.2) is 54.1 Å². The van der Waals surface area contributed by atoms with E-state index < -0.39 is 16.9 Å². The number of esters is 1. The van der Waals surface area contributed by atoms with E-state index in [1.807, 2.05) is 0 Å². The maximum absolute atomic E-state index is 13.0. The fourth-order valence-corrected chi connectivity index (χ4v) is 3.76. The van der Waals surface area contributed by atoms with Gasteiger partial charge in [-0.25, -0.2) is 9.59 Å². The summed E-state index contributed by atoms with van der Waals surface area (Å²) in [5.41, 5.74) is 1.22. The molecule has 0 fully saturated rings. The van der Waals surface area contributed by atoms with Gasteiger partial charge in [0.25, 0.3) is 5.69 Å². The minimum absolute atomic E-state index is 0.109. The number of urea groups is 1. The highest BCUT2D eigenvalue weighted by Crippen LogP contribution is 2.32. The molecule has 1 heterocycles. The summed E-state index contributed by atoms with van der Waals surface area (Å²) in [5, 5.41) is 14.0. The molecule has 0 aromatic heterocycles. The summed E-state index contributed by atoms with van der Waals surface area (Å²) >= 11 is 0. The number of nitro benzene ring substituents is 1. The third-order valence-electron chi connectivity index (χ3n) is 5.34. The first-order valence-electron chi connectivity index (χ1n) is 10.1. The molecule has 0 saturated heterocycles. The number of carbonyl (C=O) groups excluding carboxylic acids is 2. The molecule has 2 rings (SSSR count). The number of nitro groups is 1. The van der Waals surface area contributed by atoms with Gasteiger partial charge in [0.2, 0.25) is 0 Å². The quantitative estimate of drug-likeness (QED) is 0.380. The first-order chi connectivity index (χ1) is 14.1. The van der Waals surface area contributed by atoms with Crippen LogP contribution in [0.4, 0.5) is 10.5 Å². The largest absolute Gasteiger partial charge is 0.463 e. The van der Waals surface area contributed by atoms with Crippen LogP contribution in [0.2, 0.25) is 0 Å². The fraction of sp³-hybridized carbons (Fsp3) is 0.524. The molecule has 0 unspecified atom stereocenters. The minimum atomic E-state index is -0.830. The van der Waals surface area contributed by atoms with E-state index in [1.165, 1.54) is 21.9 Å². The van der Waals surface area contributed by atoms with E-state index in [0.29, 0.717) is 23.4 Å². The van der Waals surface area contributed by atoms with Crippen molar-refractivity contribution in [2.24, 2.45) is 0 Å². The van der Waals surface area contributed by atoms with Gasteiger partial charge in [0.1, 0.15) is 6.54 Å². The van der Waals surface area contributed by atoms with Crippen LogP contribution in [0.5, 0.6) is 0 Å². The van der Waals surface area contributed by atoms with Crippen LogP contribution in [0.15, 0.2) is 35.5 Å². The van der Waals surface area contributed by atoms with Crippen molar-refractivity contribution in [3.8, 4) is 0 Å². The molecule has 0 saturated carbocycles. The average molecular weight is 420 g/mol. The third kappa shape index (κ3) is 4.96. The zero-order chi connectivity index (χ0) is 22.6. The molecule has 0 radical (unpaired) electrons. The topological polar surface area (TPSA) is 106 Å². The van der Waals surface area contributed by atoms with Gasteiger partial charge in [0, 0.05) is 19.2 Å². The van der Waals surface area contributed by atoms with Crippen LogP contribution in [0.1, 0.15) is 46.2 Å². The number of nitrogens with zero attached hydrogens (tertiary/aromatic N) is 2. The highest BCUT2D eigenvalue weighted by atomic mass is 16.6. The number of ether oxygens (including phenoxy) is 1. The molecule has 2 amide bonds. The van der Waals surface area contributed by atoms with Gasteiger partial charge in [0.05, 0.1) is 40.9 Å². The Hall–Kier alpha value is -2.94. The Labute approximate surface area is 176 Å². The second-order valence-corrected chi connectivity index (χ2v) is 7.94. The molecule has 9 nitrogen and oxygen atoms in total. The standard InChI is InChI=1S/C21H30N4O5/c1-7-30-20(26)18-17(12-24(13(2)3)14(4)5)23(6)21(27)22-19(18)15-9-8-10-16(11-15)25(28)29/h8-11,13-14,19H,7,12H2,1-6H3,(H,22,27)/p+1/t19-/m0/s1. The number of carbonyl (C=O) groups is 2. The van der Waals surface area contributed by atoms with E-state index in [0.717, 1.165) is 0 Å². The van der Waals surface area contributed by atoms with Crippen molar-refractivity contribution in [1.29, 1.82) is 0 Å². The second-order valence-electron chi connectivity index (χ2n) is 7.94. The highest BCUT2D eigenvalue weighted by molar-refractivity contribution is 5.95. The molecule has 1 aliphatic heterocycles. The number of rotatable bonds is 8. The summed E-state index contributed by atoms with van der Waals surface area (Å²) in [7, 11) is 1.62. The molecule has 30 heavy (non-hydrogen) atoms. The normalized spacial score (nSPS) is 17.0. The summed E-state index contributed by atoms with van der Waals surface area (Å²) in [6, 6.07) is 5.27. The van der Waals surface area contributed by atoms with Gasteiger partial charge in [-0.05, 0) is 40.2 Å². The van der Waals surface area contributed by atoms with Crippen molar-refractivity contribution < 1.29 is 24.1 Å². The maximum atomic E-state index is 13.0. The van der Waals surface area contributed by atoms with Crippen molar-refractivity contribution in [3.05, 3.63) is 51.2 Å². The van der Waals surface area contributed by atoms with Crippen molar-refractivity contribution in [2.75, 3.05) is 20.2 Å². The number of likely N-dealkylation sites (N-methyl/N-ethyl adjacent to an activating group) is 1. The Morgan fingerprint density at radius 2 is 1.93 bits per heavy atom. The molecule has 9 heteroatoms. The van der Waals surface area contributed by atoms with E-state index in [1.54, 1.807) is 26.1 Å².